The summed E-state index contributed by atoms with van der Waals surface area (Å²) in [6.07, 6.45) is 3.07. The minimum Gasteiger partial charge on any atom is -0.369 e. The van der Waals surface area contributed by atoms with Crippen molar-refractivity contribution in [1.29, 1.82) is 0 Å². The second kappa shape index (κ2) is 10.2. The Bertz CT molecular complexity index is 1190. The molecule has 2 aliphatic heterocycles. The summed E-state index contributed by atoms with van der Waals surface area (Å²) in [5.74, 6) is -0.273. The van der Waals surface area contributed by atoms with Crippen LogP contribution >= 0.6 is 0 Å². The number of carbonyl (C=O) groups excluding carboxylic acids is 2. The molecule has 3 aromatic rings. The van der Waals surface area contributed by atoms with Crippen LogP contribution in [0.1, 0.15) is 36.9 Å². The van der Waals surface area contributed by atoms with Gasteiger partial charge < -0.3 is 15.2 Å². The fourth-order valence-corrected chi connectivity index (χ4v) is 5.57. The lowest BCUT2D eigenvalue weighted by molar-refractivity contribution is -0.140. The number of hydrogen-bond donors (Lipinski definition) is 1. The summed E-state index contributed by atoms with van der Waals surface area (Å²) in [5, 5.41) is 1.20. The summed E-state index contributed by atoms with van der Waals surface area (Å²) in [6, 6.07) is 17.3. The highest BCUT2D eigenvalue weighted by Gasteiger charge is 2.32. The molecule has 2 N–H and O–H groups in total. The lowest BCUT2D eigenvalue weighted by Crippen LogP contribution is -2.46. The van der Waals surface area contributed by atoms with Gasteiger partial charge >= 0.3 is 0 Å². The lowest BCUT2D eigenvalue weighted by Gasteiger charge is -2.36. The number of piperidine rings is 2. The number of rotatable bonds is 6. The molecule has 35 heavy (non-hydrogen) atoms. The third-order valence-corrected chi connectivity index (χ3v) is 7.68. The molecule has 6 nitrogen and oxygen atoms in total. The number of hydrogen-bond acceptors (Lipinski definition) is 3. The molecule has 0 spiro atoms. The van der Waals surface area contributed by atoms with Crippen molar-refractivity contribution < 1.29 is 14.0 Å². The number of nitrogens with two attached hydrogens (primary N) is 1. The number of fused-ring (bicyclic) bond motifs is 1. The van der Waals surface area contributed by atoms with Gasteiger partial charge in [0.2, 0.25) is 11.8 Å². The van der Waals surface area contributed by atoms with Gasteiger partial charge in [0, 0.05) is 49.2 Å². The van der Waals surface area contributed by atoms with E-state index in [1.807, 2.05) is 17.0 Å². The van der Waals surface area contributed by atoms with Crippen molar-refractivity contribution in [2.24, 2.45) is 17.6 Å². The van der Waals surface area contributed by atoms with E-state index in [0.29, 0.717) is 32.5 Å². The number of benzene rings is 2. The molecule has 3 heterocycles. The van der Waals surface area contributed by atoms with Gasteiger partial charge in [-0.3, -0.25) is 14.5 Å². The average Bonchev–Trinajstić information content (AvgIpc) is 3.22. The Hall–Kier alpha value is -3.19. The zero-order chi connectivity index (χ0) is 24.4. The number of amides is 2. The number of para-hydroxylation sites is 1. The molecule has 0 atom stereocenters. The predicted octanol–water partition coefficient (Wildman–Crippen LogP) is 3.76. The molecule has 2 aliphatic rings. The van der Waals surface area contributed by atoms with E-state index in [-0.39, 0.29) is 29.5 Å². The first-order valence-electron chi connectivity index (χ1n) is 12.6. The number of aromatic nitrogens is 1. The van der Waals surface area contributed by atoms with Gasteiger partial charge in [-0.15, -0.1) is 0 Å². The largest absolute Gasteiger partial charge is 0.369 e. The highest BCUT2D eigenvalue weighted by Crippen LogP contribution is 2.27. The van der Waals surface area contributed by atoms with Gasteiger partial charge in [-0.1, -0.05) is 30.3 Å². The first-order chi connectivity index (χ1) is 17.0. The van der Waals surface area contributed by atoms with Gasteiger partial charge in [0.1, 0.15) is 5.82 Å². The van der Waals surface area contributed by atoms with Crippen LogP contribution in [0.25, 0.3) is 10.9 Å². The molecule has 7 heteroatoms. The van der Waals surface area contributed by atoms with Crippen LogP contribution in [0.4, 0.5) is 4.39 Å². The number of primary amides is 1. The van der Waals surface area contributed by atoms with Crippen LogP contribution in [0.15, 0.2) is 54.6 Å². The van der Waals surface area contributed by atoms with Crippen LogP contribution in [0.2, 0.25) is 0 Å². The molecule has 0 unspecified atom stereocenters. The molecular formula is C28H33FN4O2. The zero-order valence-electron chi connectivity index (χ0n) is 20.0. The molecule has 2 amide bonds. The number of nitrogens with zero attached hydrogens (tertiary/aromatic N) is 3. The molecule has 0 saturated carbocycles. The molecule has 184 valence electrons. The Morgan fingerprint density at radius 3 is 2.20 bits per heavy atom. The third kappa shape index (κ3) is 5.25. The van der Waals surface area contributed by atoms with Crippen LogP contribution in [-0.4, -0.2) is 52.4 Å². The van der Waals surface area contributed by atoms with E-state index in [2.05, 4.69) is 39.8 Å². The Kier molecular flexibility index (Phi) is 6.86. The normalized spacial score (nSPS) is 18.3. The average molecular weight is 477 g/mol. The van der Waals surface area contributed by atoms with Gasteiger partial charge in [-0.25, -0.2) is 4.39 Å². The lowest BCUT2D eigenvalue weighted by atomic mass is 9.92. The van der Waals surface area contributed by atoms with Crippen molar-refractivity contribution in [2.45, 2.75) is 38.8 Å². The Morgan fingerprint density at radius 2 is 1.51 bits per heavy atom. The first-order valence-corrected chi connectivity index (χ1v) is 12.6. The monoisotopic (exact) mass is 476 g/mol. The molecule has 0 bridgehead atoms. The topological polar surface area (TPSA) is 71.6 Å². The second-order valence-corrected chi connectivity index (χ2v) is 9.96. The maximum Gasteiger partial charge on any atom is 0.225 e. The fraction of sp³-hybridized carbons (Fsp3) is 0.429. The van der Waals surface area contributed by atoms with E-state index in [4.69, 9.17) is 5.73 Å². The minimum absolute atomic E-state index is 0.0569. The van der Waals surface area contributed by atoms with E-state index >= 15 is 0 Å². The second-order valence-electron chi connectivity index (χ2n) is 9.96. The van der Waals surface area contributed by atoms with Gasteiger partial charge in [0.25, 0.3) is 0 Å². The highest BCUT2D eigenvalue weighted by atomic mass is 19.1. The number of halogens is 1. The predicted molar refractivity (Wildman–Crippen MR) is 134 cm³/mol. The van der Waals surface area contributed by atoms with E-state index in [1.54, 1.807) is 0 Å². The standard InChI is InChI=1S/C28H33FN4O2/c29-24-7-5-20(6-8-24)18-33-25(17-23-3-1-2-4-26(23)33)19-31-13-9-22(10-14-31)28(35)32-15-11-21(12-16-32)27(30)34/h1-8,17,21-22H,9-16,18-19H2,(H2,30,34). The molecule has 5 rings (SSSR count). The van der Waals surface area contributed by atoms with Gasteiger partial charge in [0.15, 0.2) is 0 Å². The van der Waals surface area contributed by atoms with Crippen molar-refractivity contribution >= 4 is 22.7 Å². The van der Waals surface area contributed by atoms with Gasteiger partial charge in [-0.05, 0) is 74.0 Å². The summed E-state index contributed by atoms with van der Waals surface area (Å²) >= 11 is 0. The maximum absolute atomic E-state index is 13.4. The summed E-state index contributed by atoms with van der Waals surface area (Å²) in [5.41, 5.74) is 8.91. The summed E-state index contributed by atoms with van der Waals surface area (Å²) in [4.78, 5) is 28.8. The van der Waals surface area contributed by atoms with Gasteiger partial charge in [0.05, 0.1) is 0 Å². The molecular weight excluding hydrogens is 443 g/mol. The first kappa shape index (κ1) is 23.5. The van der Waals surface area contributed by atoms with Crippen molar-refractivity contribution in [3.63, 3.8) is 0 Å². The minimum atomic E-state index is -0.248. The fourth-order valence-electron chi connectivity index (χ4n) is 5.57. The molecule has 2 aromatic carbocycles. The van der Waals surface area contributed by atoms with E-state index in [9.17, 15) is 14.0 Å². The van der Waals surface area contributed by atoms with Crippen LogP contribution < -0.4 is 5.73 Å². The van der Waals surface area contributed by atoms with Crippen LogP contribution in [0, 0.1) is 17.7 Å². The molecule has 2 fully saturated rings. The molecule has 1 aromatic heterocycles. The maximum atomic E-state index is 13.4. The van der Waals surface area contributed by atoms with E-state index in [1.165, 1.54) is 28.7 Å². The smallest absolute Gasteiger partial charge is 0.225 e. The molecule has 0 radical (unpaired) electrons. The van der Waals surface area contributed by atoms with Crippen LogP contribution in [0.3, 0.4) is 0 Å². The Balaban J connectivity index is 1.22. The van der Waals surface area contributed by atoms with Crippen molar-refractivity contribution in [3.8, 4) is 0 Å². The van der Waals surface area contributed by atoms with Gasteiger partial charge in [-0.2, -0.15) is 0 Å². The number of likely N-dealkylation sites (tertiary alicyclic amines) is 2. The zero-order valence-corrected chi connectivity index (χ0v) is 20.0. The van der Waals surface area contributed by atoms with Crippen molar-refractivity contribution in [2.75, 3.05) is 26.2 Å². The molecule has 0 aliphatic carbocycles. The van der Waals surface area contributed by atoms with Crippen molar-refractivity contribution in [1.82, 2.24) is 14.4 Å². The summed E-state index contributed by atoms with van der Waals surface area (Å²) in [6.45, 7) is 4.55. The third-order valence-electron chi connectivity index (χ3n) is 7.68. The summed E-state index contributed by atoms with van der Waals surface area (Å²) < 4.78 is 15.7. The molecule has 2 saturated heterocycles. The van der Waals surface area contributed by atoms with E-state index in [0.717, 1.165) is 38.0 Å². The quantitative estimate of drug-likeness (QED) is 0.589. The van der Waals surface area contributed by atoms with E-state index < -0.39 is 0 Å². The van der Waals surface area contributed by atoms with Crippen LogP contribution in [-0.2, 0) is 22.7 Å². The highest BCUT2D eigenvalue weighted by molar-refractivity contribution is 5.82. The SMILES string of the molecule is NC(=O)C1CCN(C(=O)C2CCN(Cc3cc4ccccc4n3Cc3ccc(F)cc3)CC2)CC1. The van der Waals surface area contributed by atoms with Crippen molar-refractivity contribution in [3.05, 3.63) is 71.7 Å². The summed E-state index contributed by atoms with van der Waals surface area (Å²) in [7, 11) is 0. The van der Waals surface area contributed by atoms with Crippen LogP contribution in [0.5, 0.6) is 0 Å². The Morgan fingerprint density at radius 1 is 0.857 bits per heavy atom. The Labute approximate surface area is 205 Å². The number of carbonyl (C=O) groups is 2.